The summed E-state index contributed by atoms with van der Waals surface area (Å²) in [6.45, 7) is 5.41. The third-order valence-electron chi connectivity index (χ3n) is 2.68. The van der Waals surface area contributed by atoms with E-state index >= 15 is 0 Å². The normalized spacial score (nSPS) is 11.2. The first kappa shape index (κ1) is 14.1. The van der Waals surface area contributed by atoms with Crippen molar-refractivity contribution < 1.29 is 4.39 Å². The highest BCUT2D eigenvalue weighted by molar-refractivity contribution is 9.10. The molecule has 1 aromatic heterocycles. The van der Waals surface area contributed by atoms with Gasteiger partial charge in [-0.3, -0.25) is 0 Å². The Labute approximate surface area is 120 Å². The van der Waals surface area contributed by atoms with Gasteiger partial charge in [0, 0.05) is 6.04 Å². The van der Waals surface area contributed by atoms with Crippen molar-refractivity contribution in [1.82, 2.24) is 20.1 Å². The second-order valence-electron chi connectivity index (χ2n) is 4.62. The summed E-state index contributed by atoms with van der Waals surface area (Å²) < 4.78 is 15.5. The Morgan fingerprint density at radius 2 is 2.21 bits per heavy atom. The summed E-state index contributed by atoms with van der Waals surface area (Å²) in [5, 5.41) is 7.50. The third kappa shape index (κ3) is 3.84. The number of nitrogens with one attached hydrogen (secondary N) is 1. The molecule has 0 bridgehead atoms. The molecule has 0 unspecified atom stereocenters. The fraction of sp³-hybridized carbons (Fsp3) is 0.385. The zero-order chi connectivity index (χ0) is 13.8. The molecule has 0 aliphatic carbocycles. The minimum Gasteiger partial charge on any atom is -0.308 e. The van der Waals surface area contributed by atoms with Crippen LogP contribution >= 0.6 is 15.9 Å². The van der Waals surface area contributed by atoms with Gasteiger partial charge in [0.2, 0.25) is 0 Å². The largest absolute Gasteiger partial charge is 0.308 e. The molecular formula is C13H16BrFN4. The van der Waals surface area contributed by atoms with Crippen molar-refractivity contribution in [3.63, 3.8) is 0 Å². The van der Waals surface area contributed by atoms with E-state index in [-0.39, 0.29) is 5.82 Å². The zero-order valence-corrected chi connectivity index (χ0v) is 12.5. The maximum Gasteiger partial charge on any atom is 0.141 e. The first-order chi connectivity index (χ1) is 9.06. The molecule has 0 aliphatic heterocycles. The molecule has 0 spiro atoms. The van der Waals surface area contributed by atoms with Crippen molar-refractivity contribution in [2.24, 2.45) is 0 Å². The first-order valence-electron chi connectivity index (χ1n) is 6.10. The van der Waals surface area contributed by atoms with Crippen molar-refractivity contribution >= 4 is 15.9 Å². The fourth-order valence-electron chi connectivity index (χ4n) is 1.66. The van der Waals surface area contributed by atoms with Crippen molar-refractivity contribution in [2.45, 2.75) is 33.0 Å². The Morgan fingerprint density at radius 3 is 2.89 bits per heavy atom. The van der Waals surface area contributed by atoms with Gasteiger partial charge in [-0.1, -0.05) is 19.9 Å². The summed E-state index contributed by atoms with van der Waals surface area (Å²) in [5.74, 6) is 0.609. The molecule has 0 radical (unpaired) electrons. The molecule has 0 saturated heterocycles. The predicted molar refractivity (Wildman–Crippen MR) is 75.2 cm³/mol. The molecule has 19 heavy (non-hydrogen) atoms. The molecule has 1 aromatic carbocycles. The minimum atomic E-state index is -0.260. The molecular weight excluding hydrogens is 311 g/mol. The van der Waals surface area contributed by atoms with E-state index in [9.17, 15) is 4.39 Å². The van der Waals surface area contributed by atoms with Gasteiger partial charge in [-0.15, -0.1) is 0 Å². The van der Waals surface area contributed by atoms with Gasteiger partial charge >= 0.3 is 0 Å². The topological polar surface area (TPSA) is 42.7 Å². The van der Waals surface area contributed by atoms with Crippen LogP contribution in [-0.2, 0) is 13.1 Å². The smallest absolute Gasteiger partial charge is 0.141 e. The number of nitrogens with zero attached hydrogens (tertiary/aromatic N) is 3. The highest BCUT2D eigenvalue weighted by atomic mass is 79.9. The molecule has 0 aliphatic rings. The van der Waals surface area contributed by atoms with Crippen LogP contribution in [0.25, 0.3) is 0 Å². The SMILES string of the molecule is CC(C)NCc1ncnn1Cc1ccc(F)c(Br)c1. The fourth-order valence-corrected chi connectivity index (χ4v) is 2.09. The standard InChI is InChI=1S/C13H16BrFN4/c1-9(2)16-6-13-17-8-18-19(13)7-10-3-4-12(15)11(14)5-10/h3-5,8-9,16H,6-7H2,1-2H3. The maximum absolute atomic E-state index is 13.2. The van der Waals surface area contributed by atoms with E-state index in [1.165, 1.54) is 12.4 Å². The molecule has 2 aromatic rings. The van der Waals surface area contributed by atoms with Gasteiger partial charge < -0.3 is 5.32 Å². The van der Waals surface area contributed by atoms with Crippen LogP contribution in [0.5, 0.6) is 0 Å². The summed E-state index contributed by atoms with van der Waals surface area (Å²) >= 11 is 3.19. The number of rotatable bonds is 5. The van der Waals surface area contributed by atoms with Gasteiger partial charge in [0.15, 0.2) is 0 Å². The quantitative estimate of drug-likeness (QED) is 0.918. The van der Waals surface area contributed by atoms with Crippen LogP contribution in [0.2, 0.25) is 0 Å². The second-order valence-corrected chi connectivity index (χ2v) is 5.47. The number of halogens is 2. The Hall–Kier alpha value is -1.27. The van der Waals surface area contributed by atoms with Crippen LogP contribution in [0.3, 0.4) is 0 Å². The maximum atomic E-state index is 13.2. The average Bonchev–Trinajstić information content (AvgIpc) is 2.79. The molecule has 6 heteroatoms. The van der Waals surface area contributed by atoms with E-state index in [2.05, 4.69) is 45.2 Å². The van der Waals surface area contributed by atoms with Crippen LogP contribution < -0.4 is 5.32 Å². The van der Waals surface area contributed by atoms with Crippen LogP contribution in [0, 0.1) is 5.82 Å². The van der Waals surface area contributed by atoms with Crippen molar-refractivity contribution in [2.75, 3.05) is 0 Å². The van der Waals surface area contributed by atoms with E-state index in [1.807, 2.05) is 4.68 Å². The van der Waals surface area contributed by atoms with E-state index in [0.29, 0.717) is 23.6 Å². The number of hydrogen-bond acceptors (Lipinski definition) is 3. The lowest BCUT2D eigenvalue weighted by Crippen LogP contribution is -2.24. The Morgan fingerprint density at radius 1 is 1.42 bits per heavy atom. The van der Waals surface area contributed by atoms with Gasteiger partial charge in [0.05, 0.1) is 17.6 Å². The van der Waals surface area contributed by atoms with E-state index in [4.69, 9.17) is 0 Å². The second kappa shape index (κ2) is 6.25. The number of benzene rings is 1. The van der Waals surface area contributed by atoms with Gasteiger partial charge in [-0.25, -0.2) is 14.1 Å². The Kier molecular flexibility index (Phi) is 4.66. The van der Waals surface area contributed by atoms with Crippen molar-refractivity contribution in [3.8, 4) is 0 Å². The number of aromatic nitrogens is 3. The molecule has 0 fully saturated rings. The predicted octanol–water partition coefficient (Wildman–Crippen LogP) is 2.73. The minimum absolute atomic E-state index is 0.260. The summed E-state index contributed by atoms with van der Waals surface area (Å²) in [5.41, 5.74) is 0.976. The van der Waals surface area contributed by atoms with Gasteiger partial charge in [-0.2, -0.15) is 5.10 Å². The molecule has 1 heterocycles. The zero-order valence-electron chi connectivity index (χ0n) is 10.9. The lowest BCUT2D eigenvalue weighted by molar-refractivity contribution is 0.538. The molecule has 0 saturated carbocycles. The summed E-state index contributed by atoms with van der Waals surface area (Å²) in [4.78, 5) is 4.23. The van der Waals surface area contributed by atoms with Gasteiger partial charge in [0.1, 0.15) is 18.0 Å². The molecule has 0 atom stereocenters. The number of hydrogen-bond donors (Lipinski definition) is 1. The van der Waals surface area contributed by atoms with Crippen molar-refractivity contribution in [3.05, 3.63) is 46.2 Å². The van der Waals surface area contributed by atoms with E-state index in [0.717, 1.165) is 11.4 Å². The Bertz CT molecular complexity index is 553. The summed E-state index contributed by atoms with van der Waals surface area (Å²) in [7, 11) is 0. The van der Waals surface area contributed by atoms with E-state index < -0.39 is 0 Å². The molecule has 102 valence electrons. The van der Waals surface area contributed by atoms with Crippen LogP contribution in [-0.4, -0.2) is 20.8 Å². The van der Waals surface area contributed by atoms with Crippen molar-refractivity contribution in [1.29, 1.82) is 0 Å². The average molecular weight is 327 g/mol. The van der Waals surface area contributed by atoms with Gasteiger partial charge in [-0.05, 0) is 33.6 Å². The summed E-state index contributed by atoms with van der Waals surface area (Å²) in [6.07, 6.45) is 1.54. The van der Waals surface area contributed by atoms with Crippen LogP contribution in [0.4, 0.5) is 4.39 Å². The third-order valence-corrected chi connectivity index (χ3v) is 3.29. The molecule has 2 rings (SSSR count). The summed E-state index contributed by atoms with van der Waals surface area (Å²) in [6, 6.07) is 5.35. The molecule has 0 amide bonds. The molecule has 4 nitrogen and oxygen atoms in total. The van der Waals surface area contributed by atoms with Crippen LogP contribution in [0.1, 0.15) is 25.2 Å². The first-order valence-corrected chi connectivity index (χ1v) is 6.89. The van der Waals surface area contributed by atoms with Gasteiger partial charge in [0.25, 0.3) is 0 Å². The lowest BCUT2D eigenvalue weighted by Gasteiger charge is -2.10. The lowest BCUT2D eigenvalue weighted by atomic mass is 10.2. The highest BCUT2D eigenvalue weighted by Gasteiger charge is 2.07. The van der Waals surface area contributed by atoms with E-state index in [1.54, 1.807) is 12.1 Å². The van der Waals surface area contributed by atoms with Crippen LogP contribution in [0.15, 0.2) is 29.0 Å². The highest BCUT2D eigenvalue weighted by Crippen LogP contribution is 2.17. The molecule has 1 N–H and O–H groups in total. The monoisotopic (exact) mass is 326 g/mol. The Balaban J connectivity index is 2.10.